The number of benzene rings is 1. The largest absolute Gasteiger partial charge is 0.416 e. The smallest absolute Gasteiger partial charge is 0.380 e. The zero-order chi connectivity index (χ0) is 14.0. The molecule has 1 nitrogen and oxygen atoms in total. The standard InChI is InChI=1S/C13H15BrF3NS/c1-19-12-4-2-3-11(12)18-10-6-5-8(7-9(10)14)13(15,16)17/h5-7,11-12,18H,2-4H2,1H3. The third kappa shape index (κ3) is 3.60. The minimum atomic E-state index is -4.30. The minimum absolute atomic E-state index is 0.336. The van der Waals surface area contributed by atoms with Crippen molar-refractivity contribution in [2.24, 2.45) is 0 Å². The molecule has 1 saturated carbocycles. The van der Waals surface area contributed by atoms with Crippen LogP contribution in [-0.2, 0) is 6.18 Å². The number of nitrogens with one attached hydrogen (secondary N) is 1. The fourth-order valence-corrected chi connectivity index (χ4v) is 3.81. The molecular weight excluding hydrogens is 339 g/mol. The third-order valence-corrected chi connectivity index (χ3v) is 5.22. The molecule has 0 bridgehead atoms. The summed E-state index contributed by atoms with van der Waals surface area (Å²) >= 11 is 5.03. The first-order valence-electron chi connectivity index (χ1n) is 6.08. The van der Waals surface area contributed by atoms with Gasteiger partial charge in [0.05, 0.1) is 5.56 Å². The molecule has 2 unspecified atom stereocenters. The molecule has 6 heteroatoms. The molecule has 0 heterocycles. The number of thioether (sulfide) groups is 1. The van der Waals surface area contributed by atoms with Gasteiger partial charge in [0.15, 0.2) is 0 Å². The van der Waals surface area contributed by atoms with Gasteiger partial charge in [0.1, 0.15) is 0 Å². The van der Waals surface area contributed by atoms with Crippen LogP contribution < -0.4 is 5.32 Å². The average molecular weight is 354 g/mol. The molecule has 0 spiro atoms. The van der Waals surface area contributed by atoms with E-state index in [0.717, 1.165) is 30.7 Å². The first-order chi connectivity index (χ1) is 8.91. The maximum absolute atomic E-state index is 12.6. The lowest BCUT2D eigenvalue weighted by atomic mass is 10.1. The number of alkyl halides is 3. The van der Waals surface area contributed by atoms with Crippen LogP contribution in [0.5, 0.6) is 0 Å². The van der Waals surface area contributed by atoms with E-state index in [4.69, 9.17) is 0 Å². The second kappa shape index (κ2) is 5.95. The molecule has 2 rings (SSSR count). The third-order valence-electron chi connectivity index (χ3n) is 3.39. The Morgan fingerprint density at radius 2 is 2.05 bits per heavy atom. The molecule has 1 fully saturated rings. The molecule has 106 valence electrons. The summed E-state index contributed by atoms with van der Waals surface area (Å²) in [6, 6.07) is 4.09. The van der Waals surface area contributed by atoms with E-state index in [0.29, 0.717) is 15.8 Å². The Morgan fingerprint density at radius 1 is 1.32 bits per heavy atom. The number of rotatable bonds is 3. The lowest BCUT2D eigenvalue weighted by Gasteiger charge is -2.21. The second-order valence-electron chi connectivity index (χ2n) is 4.65. The van der Waals surface area contributed by atoms with Crippen molar-refractivity contribution < 1.29 is 13.2 Å². The SMILES string of the molecule is CSC1CCCC1Nc1ccc(C(F)(F)F)cc1Br. The molecule has 1 N–H and O–H groups in total. The molecule has 1 aromatic rings. The van der Waals surface area contributed by atoms with Crippen molar-refractivity contribution in [1.82, 2.24) is 0 Å². The molecule has 2 atom stereocenters. The Labute approximate surface area is 123 Å². The van der Waals surface area contributed by atoms with Gasteiger partial charge < -0.3 is 5.32 Å². The van der Waals surface area contributed by atoms with Crippen LogP contribution in [0.15, 0.2) is 22.7 Å². The molecule has 0 amide bonds. The zero-order valence-electron chi connectivity index (χ0n) is 10.4. The molecule has 0 saturated heterocycles. The summed E-state index contributed by atoms with van der Waals surface area (Å²) in [5.41, 5.74) is 0.108. The summed E-state index contributed by atoms with van der Waals surface area (Å²) in [4.78, 5) is 0. The van der Waals surface area contributed by atoms with Crippen molar-refractivity contribution in [2.75, 3.05) is 11.6 Å². The summed E-state index contributed by atoms with van der Waals surface area (Å²) in [5, 5.41) is 3.89. The molecular formula is C13H15BrF3NS. The van der Waals surface area contributed by atoms with Crippen LogP contribution in [0.1, 0.15) is 24.8 Å². The lowest BCUT2D eigenvalue weighted by molar-refractivity contribution is -0.137. The molecule has 0 radical (unpaired) electrons. The normalized spacial score (nSPS) is 23.6. The van der Waals surface area contributed by atoms with Crippen LogP contribution in [0.2, 0.25) is 0 Å². The Hall–Kier alpha value is -0.360. The van der Waals surface area contributed by atoms with Gasteiger partial charge in [-0.2, -0.15) is 24.9 Å². The van der Waals surface area contributed by atoms with Crippen LogP contribution in [0.3, 0.4) is 0 Å². The average Bonchev–Trinajstić information content (AvgIpc) is 2.77. The topological polar surface area (TPSA) is 12.0 Å². The van der Waals surface area contributed by atoms with Crippen molar-refractivity contribution in [3.05, 3.63) is 28.2 Å². The van der Waals surface area contributed by atoms with Crippen molar-refractivity contribution in [3.63, 3.8) is 0 Å². The summed E-state index contributed by atoms with van der Waals surface area (Å²) in [6.45, 7) is 0. The lowest BCUT2D eigenvalue weighted by Crippen LogP contribution is -2.25. The van der Waals surface area contributed by atoms with Gasteiger partial charge in [0, 0.05) is 21.5 Å². The highest BCUT2D eigenvalue weighted by Gasteiger charge is 2.31. The highest BCUT2D eigenvalue weighted by atomic mass is 79.9. The van der Waals surface area contributed by atoms with Gasteiger partial charge in [0.25, 0.3) is 0 Å². The second-order valence-corrected chi connectivity index (χ2v) is 6.58. The van der Waals surface area contributed by atoms with Crippen LogP contribution in [0.4, 0.5) is 18.9 Å². The van der Waals surface area contributed by atoms with E-state index >= 15 is 0 Å². The Bertz CT molecular complexity index is 450. The Kier molecular flexibility index (Phi) is 4.71. The zero-order valence-corrected chi connectivity index (χ0v) is 12.8. The van der Waals surface area contributed by atoms with Crippen molar-refractivity contribution in [1.29, 1.82) is 0 Å². The highest BCUT2D eigenvalue weighted by molar-refractivity contribution is 9.10. The number of anilines is 1. The summed E-state index contributed by atoms with van der Waals surface area (Å²) in [6.07, 6.45) is 1.18. The summed E-state index contributed by atoms with van der Waals surface area (Å²) < 4.78 is 38.2. The van der Waals surface area contributed by atoms with Crippen LogP contribution in [-0.4, -0.2) is 17.5 Å². The van der Waals surface area contributed by atoms with Crippen LogP contribution >= 0.6 is 27.7 Å². The van der Waals surface area contributed by atoms with Gasteiger partial charge in [-0.05, 0) is 53.2 Å². The van der Waals surface area contributed by atoms with E-state index in [2.05, 4.69) is 27.5 Å². The fourth-order valence-electron chi connectivity index (χ4n) is 2.38. The van der Waals surface area contributed by atoms with Gasteiger partial charge in [0.2, 0.25) is 0 Å². The number of hydrogen-bond acceptors (Lipinski definition) is 2. The Morgan fingerprint density at radius 3 is 2.63 bits per heavy atom. The summed E-state index contributed by atoms with van der Waals surface area (Å²) in [5.74, 6) is 0. The first kappa shape index (κ1) is 15.0. The highest BCUT2D eigenvalue weighted by Crippen LogP contribution is 2.36. The van der Waals surface area contributed by atoms with Gasteiger partial charge >= 0.3 is 6.18 Å². The van der Waals surface area contributed by atoms with E-state index in [1.165, 1.54) is 12.5 Å². The fraction of sp³-hybridized carbons (Fsp3) is 0.538. The van der Waals surface area contributed by atoms with Crippen LogP contribution in [0, 0.1) is 0 Å². The van der Waals surface area contributed by atoms with E-state index in [1.54, 1.807) is 0 Å². The van der Waals surface area contributed by atoms with Crippen molar-refractivity contribution in [2.45, 2.75) is 36.7 Å². The van der Waals surface area contributed by atoms with Gasteiger partial charge in [-0.3, -0.25) is 0 Å². The predicted molar refractivity (Wildman–Crippen MR) is 77.7 cm³/mol. The molecule has 1 aliphatic carbocycles. The monoisotopic (exact) mass is 353 g/mol. The van der Waals surface area contributed by atoms with Gasteiger partial charge in [-0.1, -0.05) is 6.42 Å². The first-order valence-corrected chi connectivity index (χ1v) is 8.16. The van der Waals surface area contributed by atoms with Crippen molar-refractivity contribution >= 4 is 33.4 Å². The van der Waals surface area contributed by atoms with E-state index in [9.17, 15) is 13.2 Å². The maximum atomic E-state index is 12.6. The molecule has 0 aromatic heterocycles. The number of halogens is 4. The molecule has 1 aliphatic rings. The van der Waals surface area contributed by atoms with Gasteiger partial charge in [-0.25, -0.2) is 0 Å². The summed E-state index contributed by atoms with van der Waals surface area (Å²) in [7, 11) is 0. The van der Waals surface area contributed by atoms with Crippen LogP contribution in [0.25, 0.3) is 0 Å². The molecule has 19 heavy (non-hydrogen) atoms. The maximum Gasteiger partial charge on any atom is 0.416 e. The van der Waals surface area contributed by atoms with Gasteiger partial charge in [-0.15, -0.1) is 0 Å². The molecule has 0 aliphatic heterocycles. The Balaban J connectivity index is 2.13. The quantitative estimate of drug-likeness (QED) is 0.804. The molecule has 1 aromatic carbocycles. The van der Waals surface area contributed by atoms with E-state index < -0.39 is 11.7 Å². The van der Waals surface area contributed by atoms with Crippen molar-refractivity contribution in [3.8, 4) is 0 Å². The van der Waals surface area contributed by atoms with E-state index in [1.807, 2.05) is 11.8 Å². The predicted octanol–water partition coefficient (Wildman–Crippen LogP) is 5.16. The minimum Gasteiger partial charge on any atom is -0.380 e. The number of hydrogen-bond donors (Lipinski definition) is 1. The van der Waals surface area contributed by atoms with E-state index in [-0.39, 0.29) is 0 Å².